The minimum absolute atomic E-state index is 0.269. The fraction of sp³-hybridized carbons (Fsp3) is 0.167. The van der Waals surface area contributed by atoms with E-state index >= 15 is 0 Å². The summed E-state index contributed by atoms with van der Waals surface area (Å²) in [6.07, 6.45) is 7.09. The Morgan fingerprint density at radius 1 is 0.634 bits per heavy atom. The summed E-state index contributed by atoms with van der Waals surface area (Å²) in [5.74, 6) is 0. The van der Waals surface area contributed by atoms with Gasteiger partial charge >= 0.3 is 0 Å². The summed E-state index contributed by atoms with van der Waals surface area (Å²) in [5.41, 5.74) is 0. The van der Waals surface area contributed by atoms with Crippen LogP contribution in [0.1, 0.15) is 0 Å². The lowest BCUT2D eigenvalue weighted by atomic mass is 10.4. The highest BCUT2D eigenvalue weighted by Gasteiger charge is 2.24. The molecule has 0 aliphatic carbocycles. The summed E-state index contributed by atoms with van der Waals surface area (Å²) in [6, 6.07) is 40.7. The van der Waals surface area contributed by atoms with E-state index in [0.29, 0.717) is 12.8 Å². The van der Waals surface area contributed by atoms with E-state index in [4.69, 9.17) is 4.43 Å². The minimum Gasteiger partial charge on any atom is -0.414 e. The SMILES string of the molecule is C=CCO[Si](C)(C)C.C=CCP(=O)(c1ccccc1)c1ccccc1.C=CCP(c1ccccc1)c1ccccc1. The standard InChI is InChI=1S/C15H15OP.C15H15P.C6H14OSi/c1-2-13-17(16,14-9-5-3-6-10-14)15-11-7-4-8-12-15;1-2-13-16(14-9-5-3-6-10-14)15-11-7-4-8-12-15;1-5-6-7-8(2,3)4/h2-12H,1,13H2;2-12H,1,13H2;5H,1,6H2,2-4H3. The van der Waals surface area contributed by atoms with E-state index in [0.717, 1.165) is 16.8 Å². The van der Waals surface area contributed by atoms with Crippen molar-refractivity contribution < 1.29 is 8.99 Å². The molecule has 0 aliphatic rings. The van der Waals surface area contributed by atoms with Crippen molar-refractivity contribution in [2.24, 2.45) is 0 Å². The second-order valence-electron chi connectivity index (χ2n) is 10.2. The Kier molecular flexibility index (Phi) is 15.3. The zero-order valence-corrected chi connectivity index (χ0v) is 27.5. The van der Waals surface area contributed by atoms with E-state index < -0.39 is 15.5 Å². The van der Waals surface area contributed by atoms with Crippen LogP contribution in [-0.4, -0.2) is 27.2 Å². The third-order valence-corrected chi connectivity index (χ3v) is 12.4. The summed E-state index contributed by atoms with van der Waals surface area (Å²) in [4.78, 5) is 0. The van der Waals surface area contributed by atoms with Gasteiger partial charge < -0.3 is 8.99 Å². The van der Waals surface area contributed by atoms with Gasteiger partial charge in [-0.25, -0.2) is 0 Å². The van der Waals surface area contributed by atoms with E-state index in [1.807, 2.05) is 66.7 Å². The van der Waals surface area contributed by atoms with Crippen molar-refractivity contribution in [2.45, 2.75) is 19.6 Å². The minimum atomic E-state index is -2.54. The predicted octanol–water partition coefficient (Wildman–Crippen LogP) is 8.52. The van der Waals surface area contributed by atoms with Gasteiger partial charge in [-0.15, -0.1) is 19.7 Å². The molecule has 0 bridgehead atoms. The molecule has 0 unspecified atom stereocenters. The van der Waals surface area contributed by atoms with Crippen LogP contribution in [0, 0.1) is 0 Å². The van der Waals surface area contributed by atoms with E-state index in [-0.39, 0.29) is 7.92 Å². The first-order valence-corrected chi connectivity index (χ1v) is 20.6. The zero-order valence-electron chi connectivity index (χ0n) is 24.7. The Morgan fingerprint density at radius 3 is 1.32 bits per heavy atom. The normalized spacial score (nSPS) is 10.8. The van der Waals surface area contributed by atoms with Crippen LogP contribution >= 0.6 is 15.1 Å². The molecule has 4 aromatic carbocycles. The second-order valence-corrected chi connectivity index (χ2v) is 19.8. The molecule has 0 atom stereocenters. The molecule has 0 saturated heterocycles. The van der Waals surface area contributed by atoms with Crippen molar-refractivity contribution in [2.75, 3.05) is 18.9 Å². The van der Waals surface area contributed by atoms with Crippen molar-refractivity contribution in [3.8, 4) is 0 Å². The lowest BCUT2D eigenvalue weighted by Crippen LogP contribution is -2.24. The van der Waals surface area contributed by atoms with Crippen LogP contribution in [0.4, 0.5) is 0 Å². The molecule has 5 heteroatoms. The van der Waals surface area contributed by atoms with Crippen LogP contribution in [0.25, 0.3) is 0 Å². The number of rotatable bonds is 11. The molecule has 4 aromatic rings. The molecule has 0 fully saturated rings. The van der Waals surface area contributed by atoms with E-state index in [1.165, 1.54) is 10.6 Å². The summed E-state index contributed by atoms with van der Waals surface area (Å²) in [6.45, 7) is 18.3. The molecular formula is C36H44O2P2Si. The molecule has 0 aliphatic heterocycles. The van der Waals surface area contributed by atoms with Crippen LogP contribution in [-0.2, 0) is 8.99 Å². The van der Waals surface area contributed by atoms with Crippen LogP contribution in [0.2, 0.25) is 19.6 Å². The zero-order chi connectivity index (χ0) is 30.0. The summed E-state index contributed by atoms with van der Waals surface area (Å²) >= 11 is 0. The van der Waals surface area contributed by atoms with Crippen LogP contribution < -0.4 is 21.2 Å². The average molecular weight is 599 g/mol. The van der Waals surface area contributed by atoms with E-state index in [1.54, 1.807) is 12.2 Å². The Morgan fingerprint density at radius 2 is 1.02 bits per heavy atom. The van der Waals surface area contributed by atoms with Gasteiger partial charge in [-0.3, -0.25) is 0 Å². The van der Waals surface area contributed by atoms with Gasteiger partial charge in [0.25, 0.3) is 0 Å². The highest BCUT2D eigenvalue weighted by atomic mass is 31.2. The highest BCUT2D eigenvalue weighted by molar-refractivity contribution is 7.78. The monoisotopic (exact) mass is 598 g/mol. The first kappa shape index (κ1) is 34.1. The molecule has 2 nitrogen and oxygen atoms in total. The van der Waals surface area contributed by atoms with Crippen molar-refractivity contribution >= 4 is 44.6 Å². The smallest absolute Gasteiger partial charge is 0.184 e. The third kappa shape index (κ3) is 12.1. The fourth-order valence-corrected chi connectivity index (χ4v) is 8.94. The van der Waals surface area contributed by atoms with E-state index in [9.17, 15) is 4.57 Å². The average Bonchev–Trinajstić information content (AvgIpc) is 3.01. The Hall–Kier alpha value is -3.06. The maximum absolute atomic E-state index is 13.1. The summed E-state index contributed by atoms with van der Waals surface area (Å²) < 4.78 is 18.5. The second kappa shape index (κ2) is 18.4. The lowest BCUT2D eigenvalue weighted by molar-refractivity contribution is 0.358. The molecule has 0 amide bonds. The molecule has 214 valence electrons. The van der Waals surface area contributed by atoms with Crippen LogP contribution in [0.5, 0.6) is 0 Å². The first-order valence-electron chi connectivity index (χ1n) is 13.8. The van der Waals surface area contributed by atoms with Gasteiger partial charge in [0.05, 0.1) is 6.61 Å². The molecule has 0 heterocycles. The van der Waals surface area contributed by atoms with E-state index in [2.05, 4.69) is 100 Å². The fourth-order valence-electron chi connectivity index (χ4n) is 3.89. The van der Waals surface area contributed by atoms with Gasteiger partial charge in [-0.2, -0.15) is 0 Å². The quantitative estimate of drug-likeness (QED) is 0.0983. The van der Waals surface area contributed by atoms with Crippen molar-refractivity contribution in [1.82, 2.24) is 0 Å². The Bertz CT molecular complexity index is 1250. The number of hydrogen-bond donors (Lipinski definition) is 0. The molecule has 0 N–H and O–H groups in total. The largest absolute Gasteiger partial charge is 0.414 e. The molecule has 0 radical (unpaired) electrons. The van der Waals surface area contributed by atoms with Gasteiger partial charge in [-0.05, 0) is 44.3 Å². The highest BCUT2D eigenvalue weighted by Crippen LogP contribution is 2.43. The van der Waals surface area contributed by atoms with Crippen molar-refractivity contribution in [1.29, 1.82) is 0 Å². The lowest BCUT2D eigenvalue weighted by Gasteiger charge is -2.17. The van der Waals surface area contributed by atoms with Crippen LogP contribution in [0.15, 0.2) is 159 Å². The van der Waals surface area contributed by atoms with Gasteiger partial charge in [0.2, 0.25) is 0 Å². The molecule has 0 spiro atoms. The number of benzene rings is 4. The van der Waals surface area contributed by atoms with Crippen molar-refractivity contribution in [3.05, 3.63) is 159 Å². The summed E-state index contributed by atoms with van der Waals surface area (Å²) in [7, 11) is -4.06. The molecule has 4 rings (SSSR count). The summed E-state index contributed by atoms with van der Waals surface area (Å²) in [5, 5.41) is 4.63. The Labute approximate surface area is 250 Å². The van der Waals surface area contributed by atoms with Crippen LogP contribution in [0.3, 0.4) is 0 Å². The maximum atomic E-state index is 13.1. The van der Waals surface area contributed by atoms with Gasteiger partial charge in [0, 0.05) is 16.8 Å². The Balaban J connectivity index is 0.000000230. The molecule has 0 aromatic heterocycles. The molecule has 41 heavy (non-hydrogen) atoms. The number of hydrogen-bond acceptors (Lipinski definition) is 2. The molecule has 0 saturated carbocycles. The van der Waals surface area contributed by atoms with Gasteiger partial charge in [0.1, 0.15) is 7.14 Å². The first-order chi connectivity index (χ1) is 19.7. The topological polar surface area (TPSA) is 26.3 Å². The van der Waals surface area contributed by atoms with Gasteiger partial charge in [-0.1, -0.05) is 140 Å². The van der Waals surface area contributed by atoms with Crippen molar-refractivity contribution in [3.63, 3.8) is 0 Å². The maximum Gasteiger partial charge on any atom is 0.184 e. The number of allylic oxidation sites excluding steroid dienone is 2. The predicted molar refractivity (Wildman–Crippen MR) is 188 cm³/mol. The third-order valence-electron chi connectivity index (χ3n) is 5.81. The van der Waals surface area contributed by atoms with Gasteiger partial charge in [0.15, 0.2) is 8.32 Å². The molecular weight excluding hydrogens is 554 g/mol.